The standard InChI is InChI=1S/C13H25N5O/c1-10(2)12-11(14)13(16(3)15-12)18-6-4-17(5-7-18)8-9-19/h10,19H,4-9,14H2,1-3H3. The first-order valence-electron chi connectivity index (χ1n) is 6.95. The third kappa shape index (κ3) is 2.84. The molecule has 0 bridgehead atoms. The molecule has 0 atom stereocenters. The van der Waals surface area contributed by atoms with Gasteiger partial charge in [0.15, 0.2) is 5.82 Å². The number of nitrogen functional groups attached to an aromatic ring is 1. The monoisotopic (exact) mass is 267 g/mol. The van der Waals surface area contributed by atoms with E-state index in [0.29, 0.717) is 5.92 Å². The summed E-state index contributed by atoms with van der Waals surface area (Å²) in [5, 5.41) is 13.5. The fraction of sp³-hybridized carbons (Fsp3) is 0.769. The lowest BCUT2D eigenvalue weighted by molar-refractivity contribution is 0.188. The van der Waals surface area contributed by atoms with Crippen LogP contribution in [0.4, 0.5) is 11.5 Å². The number of aliphatic hydroxyl groups excluding tert-OH is 1. The summed E-state index contributed by atoms with van der Waals surface area (Å²) in [6, 6.07) is 0. The molecular weight excluding hydrogens is 242 g/mol. The molecule has 1 aromatic rings. The van der Waals surface area contributed by atoms with Gasteiger partial charge in [-0.05, 0) is 5.92 Å². The second-order valence-electron chi connectivity index (χ2n) is 5.45. The molecule has 1 aliphatic heterocycles. The molecule has 19 heavy (non-hydrogen) atoms. The van der Waals surface area contributed by atoms with E-state index in [0.717, 1.165) is 49.9 Å². The van der Waals surface area contributed by atoms with Crippen LogP contribution in [-0.4, -0.2) is 59.1 Å². The number of aryl methyl sites for hydroxylation is 1. The molecule has 108 valence electrons. The molecule has 6 nitrogen and oxygen atoms in total. The SMILES string of the molecule is CC(C)c1nn(C)c(N2CCN(CCO)CC2)c1N. The number of nitrogens with two attached hydrogens (primary N) is 1. The van der Waals surface area contributed by atoms with Crippen LogP contribution in [0.25, 0.3) is 0 Å². The van der Waals surface area contributed by atoms with Crippen LogP contribution < -0.4 is 10.6 Å². The van der Waals surface area contributed by atoms with Gasteiger partial charge in [0.1, 0.15) is 0 Å². The highest BCUT2D eigenvalue weighted by atomic mass is 16.3. The van der Waals surface area contributed by atoms with Crippen LogP contribution in [0, 0.1) is 0 Å². The van der Waals surface area contributed by atoms with E-state index in [9.17, 15) is 0 Å². The number of anilines is 2. The number of piperazine rings is 1. The topological polar surface area (TPSA) is 70.5 Å². The normalized spacial score (nSPS) is 17.4. The zero-order valence-corrected chi connectivity index (χ0v) is 12.1. The highest BCUT2D eigenvalue weighted by Crippen LogP contribution is 2.31. The van der Waals surface area contributed by atoms with Crippen molar-refractivity contribution in [1.82, 2.24) is 14.7 Å². The molecule has 1 fully saturated rings. The molecule has 2 heterocycles. The predicted octanol–water partition coefficient (Wildman–Crippen LogP) is 0.240. The van der Waals surface area contributed by atoms with Gasteiger partial charge in [0.2, 0.25) is 0 Å². The smallest absolute Gasteiger partial charge is 0.150 e. The van der Waals surface area contributed by atoms with Crippen LogP contribution in [0.15, 0.2) is 0 Å². The summed E-state index contributed by atoms with van der Waals surface area (Å²) in [5.41, 5.74) is 8.05. The number of β-amino-alcohol motifs (C(OH)–C–C–N with tert-alkyl or cyclic N) is 1. The molecule has 1 aromatic heterocycles. The zero-order chi connectivity index (χ0) is 14.0. The van der Waals surface area contributed by atoms with Gasteiger partial charge in [-0.3, -0.25) is 9.58 Å². The van der Waals surface area contributed by atoms with Crippen molar-refractivity contribution in [3.63, 3.8) is 0 Å². The fourth-order valence-electron chi connectivity index (χ4n) is 2.68. The van der Waals surface area contributed by atoms with Crippen LogP contribution in [0.2, 0.25) is 0 Å². The minimum absolute atomic E-state index is 0.228. The Labute approximate surface area is 114 Å². The molecule has 0 unspecified atom stereocenters. The van der Waals surface area contributed by atoms with Crippen LogP contribution in [-0.2, 0) is 7.05 Å². The van der Waals surface area contributed by atoms with E-state index in [2.05, 4.69) is 28.7 Å². The van der Waals surface area contributed by atoms with Gasteiger partial charge in [-0.25, -0.2) is 0 Å². The molecule has 0 radical (unpaired) electrons. The molecule has 1 saturated heterocycles. The molecule has 0 saturated carbocycles. The van der Waals surface area contributed by atoms with Gasteiger partial charge in [0.25, 0.3) is 0 Å². The van der Waals surface area contributed by atoms with E-state index in [1.54, 1.807) is 0 Å². The summed E-state index contributed by atoms with van der Waals surface area (Å²) in [6.45, 7) is 8.99. The zero-order valence-electron chi connectivity index (χ0n) is 12.1. The fourth-order valence-corrected chi connectivity index (χ4v) is 2.68. The van der Waals surface area contributed by atoms with Gasteiger partial charge in [0, 0.05) is 39.8 Å². The van der Waals surface area contributed by atoms with Gasteiger partial charge >= 0.3 is 0 Å². The summed E-state index contributed by atoms with van der Waals surface area (Å²) in [4.78, 5) is 4.56. The van der Waals surface area contributed by atoms with Crippen molar-refractivity contribution >= 4 is 11.5 Å². The number of aliphatic hydroxyl groups is 1. The van der Waals surface area contributed by atoms with Gasteiger partial charge in [-0.1, -0.05) is 13.8 Å². The Kier molecular flexibility index (Phi) is 4.31. The van der Waals surface area contributed by atoms with E-state index in [-0.39, 0.29) is 6.61 Å². The number of rotatable bonds is 4. The van der Waals surface area contributed by atoms with Gasteiger partial charge in [0.05, 0.1) is 18.0 Å². The lowest BCUT2D eigenvalue weighted by atomic mass is 10.1. The van der Waals surface area contributed by atoms with Gasteiger partial charge < -0.3 is 15.7 Å². The maximum atomic E-state index is 8.96. The highest BCUT2D eigenvalue weighted by Gasteiger charge is 2.24. The maximum absolute atomic E-state index is 8.96. The third-order valence-electron chi connectivity index (χ3n) is 3.72. The molecule has 3 N–H and O–H groups in total. The molecular formula is C13H25N5O. The van der Waals surface area contributed by atoms with E-state index in [1.165, 1.54) is 0 Å². The van der Waals surface area contributed by atoms with Crippen molar-refractivity contribution in [3.8, 4) is 0 Å². The first-order valence-corrected chi connectivity index (χ1v) is 6.95. The number of hydrogen-bond donors (Lipinski definition) is 2. The van der Waals surface area contributed by atoms with Crippen molar-refractivity contribution < 1.29 is 5.11 Å². The van der Waals surface area contributed by atoms with E-state index in [1.807, 2.05) is 11.7 Å². The van der Waals surface area contributed by atoms with Gasteiger partial charge in [-0.2, -0.15) is 5.10 Å². The Hall–Kier alpha value is -1.27. The third-order valence-corrected chi connectivity index (χ3v) is 3.72. The Balaban J connectivity index is 2.11. The van der Waals surface area contributed by atoms with Crippen LogP contribution in [0.1, 0.15) is 25.5 Å². The molecule has 0 spiro atoms. The summed E-state index contributed by atoms with van der Waals surface area (Å²) in [7, 11) is 1.96. The largest absolute Gasteiger partial charge is 0.395 e. The Morgan fingerprint density at radius 1 is 1.26 bits per heavy atom. The first kappa shape index (κ1) is 14.1. The summed E-state index contributed by atoms with van der Waals surface area (Å²) < 4.78 is 1.90. The lowest BCUT2D eigenvalue weighted by Crippen LogP contribution is -2.47. The van der Waals surface area contributed by atoms with Crippen LogP contribution >= 0.6 is 0 Å². The lowest BCUT2D eigenvalue weighted by Gasteiger charge is -2.35. The number of hydrogen-bond acceptors (Lipinski definition) is 5. The average Bonchev–Trinajstić information content (AvgIpc) is 2.67. The summed E-state index contributed by atoms with van der Waals surface area (Å²) >= 11 is 0. The van der Waals surface area contributed by atoms with Crippen molar-refractivity contribution in [1.29, 1.82) is 0 Å². The van der Waals surface area contributed by atoms with Crippen molar-refractivity contribution in [2.75, 3.05) is 50.0 Å². The highest BCUT2D eigenvalue weighted by molar-refractivity contribution is 5.67. The quantitative estimate of drug-likeness (QED) is 0.818. The number of aromatic nitrogens is 2. The Morgan fingerprint density at radius 3 is 2.37 bits per heavy atom. The molecule has 0 amide bonds. The summed E-state index contributed by atoms with van der Waals surface area (Å²) in [6.07, 6.45) is 0. The minimum Gasteiger partial charge on any atom is -0.395 e. The van der Waals surface area contributed by atoms with Crippen molar-refractivity contribution in [2.45, 2.75) is 19.8 Å². The maximum Gasteiger partial charge on any atom is 0.150 e. The molecule has 2 rings (SSSR count). The molecule has 1 aliphatic rings. The average molecular weight is 267 g/mol. The van der Waals surface area contributed by atoms with Gasteiger partial charge in [-0.15, -0.1) is 0 Å². The molecule has 0 aliphatic carbocycles. The second-order valence-corrected chi connectivity index (χ2v) is 5.45. The van der Waals surface area contributed by atoms with E-state index in [4.69, 9.17) is 10.8 Å². The van der Waals surface area contributed by atoms with E-state index >= 15 is 0 Å². The minimum atomic E-state index is 0.228. The molecule has 0 aromatic carbocycles. The van der Waals surface area contributed by atoms with Crippen LogP contribution in [0.5, 0.6) is 0 Å². The molecule has 6 heteroatoms. The van der Waals surface area contributed by atoms with Crippen LogP contribution in [0.3, 0.4) is 0 Å². The Morgan fingerprint density at radius 2 is 1.89 bits per heavy atom. The second kappa shape index (κ2) is 5.79. The Bertz CT molecular complexity index is 421. The van der Waals surface area contributed by atoms with Crippen molar-refractivity contribution in [3.05, 3.63) is 5.69 Å². The predicted molar refractivity (Wildman–Crippen MR) is 77.4 cm³/mol. The van der Waals surface area contributed by atoms with Crippen molar-refractivity contribution in [2.24, 2.45) is 7.05 Å². The summed E-state index contributed by atoms with van der Waals surface area (Å²) in [5.74, 6) is 1.38. The number of nitrogens with zero attached hydrogens (tertiary/aromatic N) is 4. The first-order chi connectivity index (χ1) is 9.04. The van der Waals surface area contributed by atoms with E-state index < -0.39 is 0 Å².